The molecule has 0 fully saturated rings. The van der Waals surface area contributed by atoms with Crippen LogP contribution in [0, 0.1) is 0 Å². The molecule has 0 heterocycles. The number of nitrogens with one attached hydrogen (secondary N) is 1. The van der Waals surface area contributed by atoms with Crippen molar-refractivity contribution in [2.75, 3.05) is 0 Å². The molecule has 19 heavy (non-hydrogen) atoms. The van der Waals surface area contributed by atoms with Crippen molar-refractivity contribution in [2.45, 2.75) is 39.7 Å². The first-order valence-corrected chi connectivity index (χ1v) is 6.10. The third-order valence-corrected chi connectivity index (χ3v) is 2.82. The van der Waals surface area contributed by atoms with E-state index >= 15 is 0 Å². The van der Waals surface area contributed by atoms with Crippen molar-refractivity contribution in [2.24, 2.45) is 0 Å². The summed E-state index contributed by atoms with van der Waals surface area (Å²) >= 11 is 0. The Morgan fingerprint density at radius 3 is 2.47 bits per heavy atom. The third kappa shape index (κ3) is 4.69. The van der Waals surface area contributed by atoms with Gasteiger partial charge in [-0.1, -0.05) is 37.8 Å². The minimum absolute atomic E-state index is 0. The van der Waals surface area contributed by atoms with Crippen LogP contribution < -0.4 is 5.48 Å². The second-order valence-electron chi connectivity index (χ2n) is 4.91. The van der Waals surface area contributed by atoms with E-state index in [1.807, 2.05) is 32.0 Å². The van der Waals surface area contributed by atoms with Crippen LogP contribution in [0.2, 0.25) is 0 Å². The van der Waals surface area contributed by atoms with E-state index in [4.69, 9.17) is 4.84 Å². The number of carbonyl (C=O) groups excluding carboxylic acids is 1. The molecule has 0 amide bonds. The van der Waals surface area contributed by atoms with Crippen LogP contribution in [-0.4, -0.2) is 5.97 Å². The van der Waals surface area contributed by atoms with E-state index < -0.39 is 11.5 Å². The van der Waals surface area contributed by atoms with Crippen molar-refractivity contribution in [1.29, 1.82) is 0 Å². The summed E-state index contributed by atoms with van der Waals surface area (Å²) in [7, 11) is 0. The topological polar surface area (TPSA) is 38.3 Å². The number of carbonyl (C=O) groups is 1. The molecule has 0 aliphatic carbocycles. The highest BCUT2D eigenvalue weighted by Crippen LogP contribution is 2.24. The predicted octanol–water partition coefficient (Wildman–Crippen LogP) is 3.53. The molecule has 0 saturated carbocycles. The van der Waals surface area contributed by atoms with Gasteiger partial charge >= 0.3 is 5.97 Å². The van der Waals surface area contributed by atoms with Crippen LogP contribution in [0.15, 0.2) is 36.4 Å². The van der Waals surface area contributed by atoms with Gasteiger partial charge in [-0.3, -0.25) is 0 Å². The van der Waals surface area contributed by atoms with Gasteiger partial charge < -0.3 is 4.84 Å². The average molecular weight is 284 g/mol. The van der Waals surface area contributed by atoms with E-state index in [0.29, 0.717) is 5.57 Å². The van der Waals surface area contributed by atoms with Crippen molar-refractivity contribution >= 4 is 18.4 Å². The Kier molecular flexibility index (Phi) is 6.81. The maximum Gasteiger partial charge on any atom is 0.351 e. The van der Waals surface area contributed by atoms with Crippen LogP contribution in [0.25, 0.3) is 0 Å². The zero-order valence-electron chi connectivity index (χ0n) is 11.9. The Balaban J connectivity index is 0.00000324. The summed E-state index contributed by atoms with van der Waals surface area (Å²) in [6.45, 7) is 11.2. The smallest absolute Gasteiger partial charge is 0.351 e. The van der Waals surface area contributed by atoms with Gasteiger partial charge in [0.2, 0.25) is 0 Å². The fraction of sp³-hybridized carbons (Fsp3) is 0.400. The lowest BCUT2D eigenvalue weighted by Gasteiger charge is -2.27. The molecular formula is C15H22ClNO2. The Morgan fingerprint density at radius 2 is 1.95 bits per heavy atom. The monoisotopic (exact) mass is 283 g/mol. The van der Waals surface area contributed by atoms with Gasteiger partial charge in [-0.05, 0) is 38.3 Å². The maximum atomic E-state index is 11.4. The van der Waals surface area contributed by atoms with Crippen LogP contribution in [0.5, 0.6) is 0 Å². The van der Waals surface area contributed by atoms with E-state index in [-0.39, 0.29) is 12.4 Å². The van der Waals surface area contributed by atoms with Crippen LogP contribution in [-0.2, 0) is 21.6 Å². The molecule has 0 aromatic heterocycles. The molecular weight excluding hydrogens is 262 g/mol. The second-order valence-corrected chi connectivity index (χ2v) is 4.91. The van der Waals surface area contributed by atoms with Crippen LogP contribution in [0.3, 0.4) is 0 Å². The molecule has 0 radical (unpaired) electrons. The molecule has 0 atom stereocenters. The van der Waals surface area contributed by atoms with Gasteiger partial charge in [0.1, 0.15) is 0 Å². The number of hydrogen-bond acceptors (Lipinski definition) is 3. The zero-order chi connectivity index (χ0) is 13.8. The first-order valence-electron chi connectivity index (χ1n) is 6.10. The highest BCUT2D eigenvalue weighted by Gasteiger charge is 2.24. The third-order valence-electron chi connectivity index (χ3n) is 2.82. The SMILES string of the molecule is C=C(C)C(=O)ONC(C)(C)c1ccccc1CC.Cl. The number of hydroxylamine groups is 1. The average Bonchev–Trinajstić information content (AvgIpc) is 2.35. The van der Waals surface area contributed by atoms with Gasteiger partial charge in [-0.2, -0.15) is 0 Å². The lowest BCUT2D eigenvalue weighted by atomic mass is 9.90. The summed E-state index contributed by atoms with van der Waals surface area (Å²) in [5.74, 6) is -0.433. The molecule has 1 rings (SSSR count). The van der Waals surface area contributed by atoms with Crippen molar-refractivity contribution in [3.63, 3.8) is 0 Å². The number of aryl methyl sites for hydroxylation is 1. The van der Waals surface area contributed by atoms with Crippen molar-refractivity contribution in [3.8, 4) is 0 Å². The minimum Gasteiger partial charge on any atom is -0.366 e. The summed E-state index contributed by atoms with van der Waals surface area (Å²) in [6, 6.07) is 8.12. The normalized spacial score (nSPS) is 10.5. The number of halogens is 1. The molecule has 0 saturated heterocycles. The van der Waals surface area contributed by atoms with Crippen molar-refractivity contribution < 1.29 is 9.63 Å². The molecule has 4 heteroatoms. The summed E-state index contributed by atoms with van der Waals surface area (Å²) in [5.41, 5.74) is 5.13. The summed E-state index contributed by atoms with van der Waals surface area (Å²) in [6.07, 6.45) is 0.940. The molecule has 0 unspecified atom stereocenters. The highest BCUT2D eigenvalue weighted by atomic mass is 35.5. The summed E-state index contributed by atoms with van der Waals surface area (Å²) in [4.78, 5) is 16.4. The molecule has 0 aliphatic heterocycles. The van der Waals surface area contributed by atoms with E-state index in [9.17, 15) is 4.79 Å². The fourth-order valence-corrected chi connectivity index (χ4v) is 1.75. The van der Waals surface area contributed by atoms with Gasteiger partial charge in [0.15, 0.2) is 0 Å². The number of hydrogen-bond donors (Lipinski definition) is 1. The summed E-state index contributed by atoms with van der Waals surface area (Å²) < 4.78 is 0. The Bertz CT molecular complexity index is 455. The van der Waals surface area contributed by atoms with Crippen LogP contribution >= 0.6 is 12.4 Å². The predicted molar refractivity (Wildman–Crippen MR) is 80.1 cm³/mol. The number of benzene rings is 1. The molecule has 0 bridgehead atoms. The largest absolute Gasteiger partial charge is 0.366 e. The van der Waals surface area contributed by atoms with E-state index in [1.165, 1.54) is 5.56 Å². The van der Waals surface area contributed by atoms with Crippen molar-refractivity contribution in [3.05, 3.63) is 47.5 Å². The summed E-state index contributed by atoms with van der Waals surface area (Å²) in [5, 5.41) is 0. The molecule has 1 N–H and O–H groups in total. The molecule has 0 aliphatic rings. The van der Waals surface area contributed by atoms with Gasteiger partial charge in [-0.15, -0.1) is 17.9 Å². The highest BCUT2D eigenvalue weighted by molar-refractivity contribution is 5.86. The molecule has 1 aromatic carbocycles. The van der Waals surface area contributed by atoms with Gasteiger partial charge in [0.25, 0.3) is 0 Å². The first-order chi connectivity index (χ1) is 8.38. The Morgan fingerprint density at radius 1 is 1.37 bits per heavy atom. The standard InChI is InChI=1S/C15H21NO2.ClH/c1-6-12-9-7-8-10-13(12)15(4,5)16-18-14(17)11(2)3;/h7-10,16H,2,6H2,1,3-5H3;1H. The zero-order valence-corrected chi connectivity index (χ0v) is 12.8. The first kappa shape index (κ1) is 17.7. The van der Waals surface area contributed by atoms with Gasteiger partial charge in [0.05, 0.1) is 5.54 Å². The Labute approximate surface area is 121 Å². The molecule has 106 valence electrons. The molecule has 3 nitrogen and oxygen atoms in total. The number of rotatable bonds is 5. The van der Waals surface area contributed by atoms with Gasteiger partial charge in [0, 0.05) is 5.57 Å². The van der Waals surface area contributed by atoms with E-state index in [0.717, 1.165) is 12.0 Å². The van der Waals surface area contributed by atoms with Crippen LogP contribution in [0.4, 0.5) is 0 Å². The van der Waals surface area contributed by atoms with E-state index in [2.05, 4.69) is 25.0 Å². The van der Waals surface area contributed by atoms with Crippen molar-refractivity contribution in [1.82, 2.24) is 5.48 Å². The minimum atomic E-state index is -0.433. The lowest BCUT2D eigenvalue weighted by Crippen LogP contribution is -2.39. The second kappa shape index (κ2) is 7.31. The molecule has 1 aromatic rings. The Hall–Kier alpha value is -1.32. The van der Waals surface area contributed by atoms with Gasteiger partial charge in [-0.25, -0.2) is 4.79 Å². The maximum absolute atomic E-state index is 11.4. The lowest BCUT2D eigenvalue weighted by molar-refractivity contribution is -0.150. The molecule has 0 spiro atoms. The fourth-order valence-electron chi connectivity index (χ4n) is 1.75. The van der Waals surface area contributed by atoms with Crippen LogP contribution in [0.1, 0.15) is 38.8 Å². The van der Waals surface area contributed by atoms with E-state index in [1.54, 1.807) is 6.92 Å². The quantitative estimate of drug-likeness (QED) is 0.664.